The number of hydrogen-bond acceptors (Lipinski definition) is 2. The topological polar surface area (TPSA) is 24.1 Å². The van der Waals surface area contributed by atoms with Crippen molar-refractivity contribution in [3.63, 3.8) is 0 Å². The molecule has 2 aliphatic heterocycles. The van der Waals surface area contributed by atoms with Crippen LogP contribution in [0.4, 0.5) is 0 Å². The van der Waals surface area contributed by atoms with Gasteiger partial charge in [-0.1, -0.05) is 84.6 Å². The molecule has 2 nitrogen and oxygen atoms in total. The van der Waals surface area contributed by atoms with E-state index in [0.29, 0.717) is 29.6 Å². The van der Waals surface area contributed by atoms with Crippen LogP contribution in [0, 0.1) is 41.4 Å². The second-order valence-corrected chi connectivity index (χ2v) is 12.3. The minimum Gasteiger partial charge on any atom is -0.387 e. The molecule has 0 bridgehead atoms. The van der Waals surface area contributed by atoms with E-state index in [1.807, 2.05) is 0 Å². The lowest BCUT2D eigenvalue weighted by atomic mass is 9.62. The summed E-state index contributed by atoms with van der Waals surface area (Å²) in [4.78, 5) is 0. The van der Waals surface area contributed by atoms with Crippen molar-refractivity contribution in [1.82, 2.24) is 10.6 Å². The Bertz CT molecular complexity index is 1230. The predicted molar refractivity (Wildman–Crippen MR) is 159 cm³/mol. The zero-order valence-corrected chi connectivity index (χ0v) is 22.6. The van der Waals surface area contributed by atoms with Crippen LogP contribution in [-0.2, 0) is 0 Å². The maximum absolute atomic E-state index is 3.59. The number of nitrogens with one attached hydrogen (secondary N) is 2. The molecule has 7 rings (SSSR count). The van der Waals surface area contributed by atoms with Crippen molar-refractivity contribution in [2.45, 2.75) is 38.5 Å². The van der Waals surface area contributed by atoms with Gasteiger partial charge < -0.3 is 10.6 Å². The number of rotatable bonds is 4. The van der Waals surface area contributed by atoms with E-state index < -0.39 is 0 Å². The van der Waals surface area contributed by atoms with Crippen molar-refractivity contribution < 1.29 is 0 Å². The fraction of sp³-hybridized carbons (Fsp3) is 0.444. The number of allylic oxidation sites excluding steroid dienone is 16. The first kappa shape index (κ1) is 24.2. The van der Waals surface area contributed by atoms with Crippen LogP contribution >= 0.6 is 0 Å². The molecular formula is C36H42N2. The van der Waals surface area contributed by atoms with Crippen LogP contribution in [0.5, 0.6) is 0 Å². The van der Waals surface area contributed by atoms with Crippen molar-refractivity contribution in [2.75, 3.05) is 19.6 Å². The fourth-order valence-electron chi connectivity index (χ4n) is 8.49. The van der Waals surface area contributed by atoms with Crippen LogP contribution in [0.25, 0.3) is 0 Å². The average Bonchev–Trinajstić information content (AvgIpc) is 3.01. The molecule has 5 aliphatic carbocycles. The second-order valence-electron chi connectivity index (χ2n) is 12.3. The summed E-state index contributed by atoms with van der Waals surface area (Å²) >= 11 is 0. The van der Waals surface area contributed by atoms with Gasteiger partial charge in [-0.15, -0.1) is 0 Å². The van der Waals surface area contributed by atoms with Crippen LogP contribution in [-0.4, -0.2) is 19.6 Å². The molecule has 196 valence electrons. The minimum absolute atomic E-state index is 0.500. The highest BCUT2D eigenvalue weighted by molar-refractivity contribution is 5.51. The number of dihydropyridines is 1. The maximum Gasteiger partial charge on any atom is 0.0360 e. The van der Waals surface area contributed by atoms with Crippen molar-refractivity contribution in [1.29, 1.82) is 0 Å². The summed E-state index contributed by atoms with van der Waals surface area (Å²) < 4.78 is 0. The monoisotopic (exact) mass is 502 g/mol. The Labute approximate surface area is 229 Å². The lowest BCUT2D eigenvalue weighted by molar-refractivity contribution is 0.308. The van der Waals surface area contributed by atoms with Crippen LogP contribution in [0.1, 0.15) is 38.5 Å². The molecule has 0 aromatic rings. The molecule has 0 saturated heterocycles. The molecule has 1 fully saturated rings. The van der Waals surface area contributed by atoms with E-state index in [0.717, 1.165) is 31.5 Å². The molecule has 7 aliphatic rings. The van der Waals surface area contributed by atoms with Gasteiger partial charge in [-0.05, 0) is 103 Å². The van der Waals surface area contributed by atoms with Crippen LogP contribution in [0.3, 0.4) is 0 Å². The van der Waals surface area contributed by atoms with E-state index in [4.69, 9.17) is 0 Å². The van der Waals surface area contributed by atoms with Crippen molar-refractivity contribution in [3.8, 4) is 0 Å². The highest BCUT2D eigenvalue weighted by atomic mass is 14.9. The van der Waals surface area contributed by atoms with E-state index in [1.165, 1.54) is 38.5 Å². The average molecular weight is 503 g/mol. The summed E-state index contributed by atoms with van der Waals surface area (Å²) in [5.74, 6) is 4.28. The fourth-order valence-corrected chi connectivity index (χ4v) is 8.49. The molecular weight excluding hydrogens is 460 g/mol. The van der Waals surface area contributed by atoms with Crippen LogP contribution < -0.4 is 10.6 Å². The van der Waals surface area contributed by atoms with Gasteiger partial charge in [-0.3, -0.25) is 0 Å². The molecule has 0 aromatic heterocycles. The molecule has 2 heteroatoms. The minimum atomic E-state index is 0.500. The van der Waals surface area contributed by atoms with Gasteiger partial charge in [0.15, 0.2) is 0 Å². The van der Waals surface area contributed by atoms with Gasteiger partial charge in [-0.2, -0.15) is 0 Å². The Hall–Kier alpha value is -2.84. The largest absolute Gasteiger partial charge is 0.387 e. The summed E-state index contributed by atoms with van der Waals surface area (Å²) in [6.07, 6.45) is 43.5. The second kappa shape index (κ2) is 10.7. The van der Waals surface area contributed by atoms with E-state index >= 15 is 0 Å². The third-order valence-electron chi connectivity index (χ3n) is 10.4. The molecule has 0 spiro atoms. The van der Waals surface area contributed by atoms with Gasteiger partial charge >= 0.3 is 0 Å². The van der Waals surface area contributed by atoms with Crippen molar-refractivity contribution in [2.24, 2.45) is 41.4 Å². The quantitative estimate of drug-likeness (QED) is 0.395. The third-order valence-corrected chi connectivity index (χ3v) is 10.4. The summed E-state index contributed by atoms with van der Waals surface area (Å²) in [6.45, 7) is 3.14. The standard InChI is InChI=1S/C36H42N2/c1-3-11-33-31(9-1)29(26-15-13-25(14-16-26)27-7-5-21-37-23-27)17-19-35(33)36-20-18-30(28-8-6-22-38-24-28)32-10-2-4-12-34(32)36/h1-12,18,20-21,25-26,28,30,32-33,35,37-38H,13-17,19,22-24H2. The van der Waals surface area contributed by atoms with Crippen LogP contribution in [0.2, 0.25) is 0 Å². The van der Waals surface area contributed by atoms with Gasteiger partial charge in [0, 0.05) is 31.5 Å². The Kier molecular flexibility index (Phi) is 6.84. The molecule has 1 saturated carbocycles. The van der Waals surface area contributed by atoms with Crippen molar-refractivity contribution in [3.05, 3.63) is 119 Å². The Morgan fingerprint density at radius 3 is 2.29 bits per heavy atom. The van der Waals surface area contributed by atoms with Crippen LogP contribution in [0.15, 0.2) is 119 Å². The Morgan fingerprint density at radius 2 is 1.50 bits per heavy atom. The van der Waals surface area contributed by atoms with Gasteiger partial charge in [0.05, 0.1) is 0 Å². The smallest absolute Gasteiger partial charge is 0.0360 e. The molecule has 2 N–H and O–H groups in total. The summed E-state index contributed by atoms with van der Waals surface area (Å²) in [7, 11) is 0. The summed E-state index contributed by atoms with van der Waals surface area (Å²) in [5.41, 5.74) is 8.25. The van der Waals surface area contributed by atoms with E-state index in [2.05, 4.69) is 102 Å². The molecule has 5 atom stereocenters. The molecule has 38 heavy (non-hydrogen) atoms. The lowest BCUT2D eigenvalue weighted by Gasteiger charge is -2.42. The van der Waals surface area contributed by atoms with E-state index in [1.54, 1.807) is 27.9 Å². The molecule has 2 heterocycles. The third kappa shape index (κ3) is 4.51. The first-order valence-corrected chi connectivity index (χ1v) is 15.2. The van der Waals surface area contributed by atoms with E-state index in [9.17, 15) is 0 Å². The van der Waals surface area contributed by atoms with Gasteiger partial charge in [0.2, 0.25) is 0 Å². The normalized spacial score (nSPS) is 37.7. The lowest BCUT2D eigenvalue weighted by Crippen LogP contribution is -2.36. The highest BCUT2D eigenvalue weighted by Gasteiger charge is 2.39. The molecule has 0 aromatic carbocycles. The molecule has 5 unspecified atom stereocenters. The van der Waals surface area contributed by atoms with Gasteiger partial charge in [0.1, 0.15) is 0 Å². The SMILES string of the molecule is C1=CNCC(C2CCC(C3=C4C=CC=CC4C(C4=C5C=CC=CC5C(C5C=CCNC5)C=C4)CC3)CC2)=C1. The first-order valence-electron chi connectivity index (χ1n) is 15.2. The highest BCUT2D eigenvalue weighted by Crippen LogP contribution is 2.51. The summed E-state index contributed by atoms with van der Waals surface area (Å²) in [5, 5.41) is 7.01. The molecule has 0 amide bonds. The molecule has 0 radical (unpaired) electrons. The maximum atomic E-state index is 3.59. The zero-order valence-electron chi connectivity index (χ0n) is 22.6. The van der Waals surface area contributed by atoms with Gasteiger partial charge in [-0.25, -0.2) is 0 Å². The van der Waals surface area contributed by atoms with Crippen molar-refractivity contribution >= 4 is 0 Å². The zero-order chi connectivity index (χ0) is 25.3. The summed E-state index contributed by atoms with van der Waals surface area (Å²) in [6, 6.07) is 0. The van der Waals surface area contributed by atoms with Gasteiger partial charge in [0.25, 0.3) is 0 Å². The first-order chi connectivity index (χ1) is 18.9. The number of hydrogen-bond donors (Lipinski definition) is 2. The predicted octanol–water partition coefficient (Wildman–Crippen LogP) is 7.29. The van der Waals surface area contributed by atoms with E-state index in [-0.39, 0.29) is 0 Å². The Balaban J connectivity index is 1.14. The Morgan fingerprint density at radius 1 is 0.684 bits per heavy atom. The number of fused-ring (bicyclic) bond motifs is 2.